The van der Waals surface area contributed by atoms with Crippen molar-refractivity contribution in [3.8, 4) is 0 Å². The van der Waals surface area contributed by atoms with Crippen molar-refractivity contribution < 1.29 is 19.3 Å². The van der Waals surface area contributed by atoms with E-state index in [0.717, 1.165) is 0 Å². The van der Waals surface area contributed by atoms with Crippen LogP contribution in [-0.4, -0.2) is 46.8 Å². The zero-order valence-corrected chi connectivity index (χ0v) is 10.3. The molecule has 0 saturated carbocycles. The molecule has 8 heteroatoms. The molecule has 0 aromatic heterocycles. The average molecular weight is 261 g/mol. The molecular weight excluding hydrogens is 246 g/mol. The molecule has 0 bridgehead atoms. The highest BCUT2D eigenvalue weighted by Gasteiger charge is 2.53. The van der Waals surface area contributed by atoms with Gasteiger partial charge in [0, 0.05) is 0 Å². The summed E-state index contributed by atoms with van der Waals surface area (Å²) in [5.41, 5.74) is 7.57. The number of hydrogen-bond acceptors (Lipinski definition) is 6. The minimum Gasteiger partial charge on any atom is -0.387 e. The lowest BCUT2D eigenvalue weighted by Gasteiger charge is -2.21. The van der Waals surface area contributed by atoms with Crippen LogP contribution in [0.3, 0.4) is 0 Å². The van der Waals surface area contributed by atoms with E-state index in [-0.39, 0.29) is 5.11 Å². The van der Waals surface area contributed by atoms with Crippen LogP contribution < -0.4 is 11.2 Å². The third kappa shape index (κ3) is 2.72. The van der Waals surface area contributed by atoms with Gasteiger partial charge < -0.3 is 25.1 Å². The first-order valence-corrected chi connectivity index (χ1v) is 5.58. The number of nitrogens with one attached hydrogen (secondary N) is 1. The summed E-state index contributed by atoms with van der Waals surface area (Å²) in [6.45, 7) is 3.53. The normalized spacial score (nSPS) is 39.5. The van der Waals surface area contributed by atoms with Gasteiger partial charge in [0.25, 0.3) is 0 Å². The van der Waals surface area contributed by atoms with Crippen LogP contribution in [0.2, 0.25) is 0 Å². The molecule has 2 fully saturated rings. The Balaban J connectivity index is 1.94. The van der Waals surface area contributed by atoms with Crippen LogP contribution in [0.1, 0.15) is 13.8 Å². The Morgan fingerprint density at radius 2 is 2.24 bits per heavy atom. The zero-order valence-electron chi connectivity index (χ0n) is 9.49. The Labute approximate surface area is 104 Å². The first-order valence-electron chi connectivity index (χ1n) is 5.17. The second kappa shape index (κ2) is 4.46. The highest BCUT2D eigenvalue weighted by molar-refractivity contribution is 7.80. The number of nitrogens with zero attached hydrogens (tertiary/aromatic N) is 1. The Morgan fingerprint density at radius 1 is 1.53 bits per heavy atom. The SMILES string of the molecule is CC1(C)O[C@H]2O[C@H](/C=N/NC(N)=S)[C@H](O)[C@H]2O1. The van der Waals surface area contributed by atoms with Crippen LogP contribution in [0.15, 0.2) is 5.10 Å². The predicted molar refractivity (Wildman–Crippen MR) is 63.1 cm³/mol. The van der Waals surface area contributed by atoms with Crippen molar-refractivity contribution in [3.63, 3.8) is 0 Å². The van der Waals surface area contributed by atoms with Crippen molar-refractivity contribution >= 4 is 23.5 Å². The molecule has 0 amide bonds. The van der Waals surface area contributed by atoms with Gasteiger partial charge in [-0.3, -0.25) is 5.43 Å². The molecule has 96 valence electrons. The van der Waals surface area contributed by atoms with Crippen molar-refractivity contribution in [1.82, 2.24) is 5.43 Å². The minimum atomic E-state index is -0.835. The molecule has 2 saturated heterocycles. The summed E-state index contributed by atoms with van der Waals surface area (Å²) >= 11 is 4.58. The van der Waals surface area contributed by atoms with Crippen LogP contribution in [0.25, 0.3) is 0 Å². The number of hydrogen-bond donors (Lipinski definition) is 3. The van der Waals surface area contributed by atoms with Gasteiger partial charge in [-0.1, -0.05) is 0 Å². The number of fused-ring (bicyclic) bond motifs is 1. The van der Waals surface area contributed by atoms with E-state index in [0.29, 0.717) is 0 Å². The van der Waals surface area contributed by atoms with E-state index in [1.165, 1.54) is 6.21 Å². The van der Waals surface area contributed by atoms with Crippen molar-refractivity contribution in [2.75, 3.05) is 0 Å². The second-order valence-electron chi connectivity index (χ2n) is 4.31. The molecule has 17 heavy (non-hydrogen) atoms. The van der Waals surface area contributed by atoms with Crippen molar-refractivity contribution in [2.24, 2.45) is 10.8 Å². The van der Waals surface area contributed by atoms with Gasteiger partial charge in [-0.25, -0.2) is 0 Å². The average Bonchev–Trinajstić information content (AvgIpc) is 2.62. The standard InChI is InChI=1S/C9H15N3O4S/c1-9(2)15-6-5(13)4(14-7(6)16-9)3-11-12-8(10)17/h3-7,13H,1-2H3,(H3,10,12,17)/b11-3+/t4-,5+,6-,7-/m1/s1. The Morgan fingerprint density at radius 3 is 2.82 bits per heavy atom. The number of aliphatic hydroxyl groups is 1. The number of ether oxygens (including phenoxy) is 3. The third-order valence-electron chi connectivity index (χ3n) is 2.45. The fourth-order valence-electron chi connectivity index (χ4n) is 1.81. The molecule has 0 radical (unpaired) electrons. The number of rotatable bonds is 2. The summed E-state index contributed by atoms with van der Waals surface area (Å²) < 4.78 is 16.4. The minimum absolute atomic E-state index is 0.0440. The third-order valence-corrected chi connectivity index (χ3v) is 2.54. The lowest BCUT2D eigenvalue weighted by molar-refractivity contribution is -0.206. The van der Waals surface area contributed by atoms with E-state index in [2.05, 4.69) is 22.7 Å². The molecule has 0 spiro atoms. The van der Waals surface area contributed by atoms with Gasteiger partial charge in [0.2, 0.25) is 0 Å². The van der Waals surface area contributed by atoms with Crippen LogP contribution in [-0.2, 0) is 14.2 Å². The summed E-state index contributed by atoms with van der Waals surface area (Å²) in [6.07, 6.45) is -1.16. The molecule has 2 heterocycles. The van der Waals surface area contributed by atoms with E-state index in [9.17, 15) is 5.11 Å². The van der Waals surface area contributed by atoms with E-state index in [1.807, 2.05) is 0 Å². The summed E-state index contributed by atoms with van der Waals surface area (Å²) in [5, 5.41) is 13.7. The zero-order chi connectivity index (χ0) is 12.6. The summed E-state index contributed by atoms with van der Waals surface area (Å²) in [5.74, 6) is -0.741. The van der Waals surface area contributed by atoms with E-state index >= 15 is 0 Å². The molecule has 7 nitrogen and oxygen atoms in total. The highest BCUT2D eigenvalue weighted by Crippen LogP contribution is 2.36. The monoisotopic (exact) mass is 261 g/mol. The van der Waals surface area contributed by atoms with Crippen molar-refractivity contribution in [3.05, 3.63) is 0 Å². The molecule has 2 rings (SSSR count). The lowest BCUT2D eigenvalue weighted by atomic mass is 10.1. The van der Waals surface area contributed by atoms with Crippen molar-refractivity contribution in [2.45, 2.75) is 44.2 Å². The van der Waals surface area contributed by atoms with Gasteiger partial charge in [0.15, 0.2) is 17.2 Å². The maximum Gasteiger partial charge on any atom is 0.190 e. The highest BCUT2D eigenvalue weighted by atomic mass is 32.1. The topological polar surface area (TPSA) is 98.3 Å². The second-order valence-corrected chi connectivity index (χ2v) is 4.75. The number of nitrogens with two attached hydrogens (primary N) is 1. The lowest BCUT2D eigenvalue weighted by Crippen LogP contribution is -2.35. The van der Waals surface area contributed by atoms with Crippen LogP contribution in [0, 0.1) is 0 Å². The molecule has 2 aliphatic heterocycles. The Bertz CT molecular complexity index is 349. The van der Waals surface area contributed by atoms with Gasteiger partial charge in [-0.15, -0.1) is 0 Å². The first kappa shape index (κ1) is 12.7. The maximum atomic E-state index is 9.94. The van der Waals surface area contributed by atoms with Gasteiger partial charge in [0.1, 0.15) is 18.3 Å². The quantitative estimate of drug-likeness (QED) is 0.334. The van der Waals surface area contributed by atoms with E-state index < -0.39 is 30.4 Å². The van der Waals surface area contributed by atoms with Gasteiger partial charge >= 0.3 is 0 Å². The molecular formula is C9H15N3O4S. The summed E-state index contributed by atoms with van der Waals surface area (Å²) in [6, 6.07) is 0. The Hall–Kier alpha value is -0.800. The summed E-state index contributed by atoms with van der Waals surface area (Å²) in [7, 11) is 0. The largest absolute Gasteiger partial charge is 0.387 e. The number of hydrazone groups is 1. The molecule has 2 aliphatic rings. The van der Waals surface area contributed by atoms with E-state index in [4.69, 9.17) is 19.9 Å². The van der Waals surface area contributed by atoms with Gasteiger partial charge in [0.05, 0.1) is 6.21 Å². The predicted octanol–water partition coefficient (Wildman–Crippen LogP) is -0.957. The van der Waals surface area contributed by atoms with Crippen LogP contribution in [0.5, 0.6) is 0 Å². The molecule has 4 atom stereocenters. The molecule has 0 aromatic rings. The first-order chi connectivity index (χ1) is 7.89. The van der Waals surface area contributed by atoms with E-state index in [1.54, 1.807) is 13.8 Å². The fraction of sp³-hybridized carbons (Fsp3) is 0.778. The smallest absolute Gasteiger partial charge is 0.190 e. The number of aliphatic hydroxyl groups excluding tert-OH is 1. The van der Waals surface area contributed by atoms with Crippen molar-refractivity contribution in [1.29, 1.82) is 0 Å². The molecule has 0 unspecified atom stereocenters. The fourth-order valence-corrected chi connectivity index (χ4v) is 1.87. The molecule has 0 aliphatic carbocycles. The van der Waals surface area contributed by atoms with Gasteiger partial charge in [-0.2, -0.15) is 5.10 Å². The van der Waals surface area contributed by atoms with Crippen LogP contribution in [0.4, 0.5) is 0 Å². The molecule has 4 N–H and O–H groups in total. The number of thiocarbonyl (C=S) groups is 1. The Kier molecular flexibility index (Phi) is 3.32. The van der Waals surface area contributed by atoms with Gasteiger partial charge in [-0.05, 0) is 26.1 Å². The van der Waals surface area contributed by atoms with Crippen LogP contribution >= 0.6 is 12.2 Å². The maximum absolute atomic E-state index is 9.94. The molecule has 0 aromatic carbocycles. The summed E-state index contributed by atoms with van der Waals surface area (Å²) in [4.78, 5) is 0.